The number of hydrogen-bond acceptors (Lipinski definition) is 4. The normalized spacial score (nSPS) is 12.2. The zero-order chi connectivity index (χ0) is 17.5. The summed E-state index contributed by atoms with van der Waals surface area (Å²) >= 11 is 13.4. The van der Waals surface area contributed by atoms with Gasteiger partial charge in [-0.25, -0.2) is 0 Å². The second kappa shape index (κ2) is 9.30. The predicted molar refractivity (Wildman–Crippen MR) is 100.0 cm³/mol. The lowest BCUT2D eigenvalue weighted by Gasteiger charge is -2.13. The minimum Gasteiger partial charge on any atom is -0.324 e. The largest absolute Gasteiger partial charge is 0.324 e. The topological polar surface area (TPSA) is 59.8 Å². The third-order valence-electron chi connectivity index (χ3n) is 3.42. The highest BCUT2D eigenvalue weighted by Gasteiger charge is 2.19. The number of hydrogen-bond donors (Lipinski definition) is 1. The van der Waals surface area contributed by atoms with E-state index in [4.69, 9.17) is 23.2 Å². The summed E-state index contributed by atoms with van der Waals surface area (Å²) in [4.78, 5) is 12.4. The molecule has 1 amide bonds. The first-order valence-corrected chi connectivity index (χ1v) is 9.45. The molecule has 0 fully saturated rings. The molecule has 0 unspecified atom stereocenters. The van der Waals surface area contributed by atoms with Crippen LogP contribution in [0.5, 0.6) is 0 Å². The number of aryl methyl sites for hydroxylation is 1. The van der Waals surface area contributed by atoms with E-state index in [0.717, 1.165) is 31.0 Å². The van der Waals surface area contributed by atoms with Crippen LogP contribution in [0.25, 0.3) is 0 Å². The van der Waals surface area contributed by atoms with Crippen molar-refractivity contribution in [1.82, 2.24) is 14.8 Å². The molecule has 0 saturated carbocycles. The monoisotopic (exact) mass is 386 g/mol. The van der Waals surface area contributed by atoms with Crippen LogP contribution in [0.2, 0.25) is 10.0 Å². The maximum Gasteiger partial charge on any atom is 0.237 e. The second-order valence-corrected chi connectivity index (χ2v) is 7.54. The molecular formula is C16H20Cl2N4OS. The van der Waals surface area contributed by atoms with E-state index in [1.807, 2.05) is 11.5 Å². The number of nitrogens with one attached hydrogen (secondary N) is 1. The number of thioether (sulfide) groups is 1. The highest BCUT2D eigenvalue weighted by Crippen LogP contribution is 2.27. The fourth-order valence-electron chi connectivity index (χ4n) is 2.06. The van der Waals surface area contributed by atoms with Crippen molar-refractivity contribution in [1.29, 1.82) is 0 Å². The molecule has 0 aliphatic heterocycles. The Labute approximate surface area is 156 Å². The maximum atomic E-state index is 12.4. The highest BCUT2D eigenvalue weighted by molar-refractivity contribution is 8.00. The number of unbranched alkanes of at least 4 members (excludes halogenated alkanes) is 2. The molecule has 2 aromatic rings. The molecule has 1 atom stereocenters. The van der Waals surface area contributed by atoms with E-state index < -0.39 is 0 Å². The molecule has 5 nitrogen and oxygen atoms in total. The minimum atomic E-state index is -0.339. The molecular weight excluding hydrogens is 367 g/mol. The summed E-state index contributed by atoms with van der Waals surface area (Å²) in [5, 5.41) is 12.2. The lowest BCUT2D eigenvalue weighted by molar-refractivity contribution is -0.115. The molecule has 0 aliphatic rings. The van der Waals surface area contributed by atoms with Crippen molar-refractivity contribution >= 4 is 46.6 Å². The maximum absolute atomic E-state index is 12.4. The molecule has 0 spiro atoms. The summed E-state index contributed by atoms with van der Waals surface area (Å²) in [5.41, 5.74) is 0.506. The highest BCUT2D eigenvalue weighted by atomic mass is 35.5. The van der Waals surface area contributed by atoms with Gasteiger partial charge in [0.25, 0.3) is 0 Å². The van der Waals surface area contributed by atoms with Crippen LogP contribution in [0.15, 0.2) is 29.7 Å². The molecule has 130 valence electrons. The van der Waals surface area contributed by atoms with Crippen molar-refractivity contribution in [3.05, 3.63) is 34.6 Å². The molecule has 1 aromatic carbocycles. The first-order chi connectivity index (χ1) is 11.5. The SMILES string of the molecule is CCCCCn1cnnc1S[C@@H](C)C(=O)Nc1cc(Cl)ccc1Cl. The number of carbonyl (C=O) groups excluding carboxylic acids is 1. The first-order valence-electron chi connectivity index (χ1n) is 7.81. The predicted octanol–water partition coefficient (Wildman–Crippen LogP) is 4.89. The van der Waals surface area contributed by atoms with Gasteiger partial charge in [0.1, 0.15) is 6.33 Å². The van der Waals surface area contributed by atoms with Crippen LogP contribution < -0.4 is 5.32 Å². The zero-order valence-electron chi connectivity index (χ0n) is 13.6. The first kappa shape index (κ1) is 19.1. The smallest absolute Gasteiger partial charge is 0.237 e. The van der Waals surface area contributed by atoms with Gasteiger partial charge in [-0.1, -0.05) is 54.7 Å². The Morgan fingerprint density at radius 2 is 2.17 bits per heavy atom. The Bertz CT molecular complexity index is 692. The summed E-state index contributed by atoms with van der Waals surface area (Å²) in [6, 6.07) is 4.96. The average molecular weight is 387 g/mol. The van der Waals surface area contributed by atoms with Gasteiger partial charge in [0.15, 0.2) is 5.16 Å². The van der Waals surface area contributed by atoms with E-state index >= 15 is 0 Å². The van der Waals surface area contributed by atoms with Crippen molar-refractivity contribution in [2.45, 2.75) is 50.1 Å². The lowest BCUT2D eigenvalue weighted by Crippen LogP contribution is -2.23. The van der Waals surface area contributed by atoms with Gasteiger partial charge in [-0.2, -0.15) is 0 Å². The Morgan fingerprint density at radius 3 is 2.92 bits per heavy atom. The van der Waals surface area contributed by atoms with Crippen LogP contribution in [0.3, 0.4) is 0 Å². The summed E-state index contributed by atoms with van der Waals surface area (Å²) in [6.45, 7) is 4.84. The number of anilines is 1. The van der Waals surface area contributed by atoms with Gasteiger partial charge >= 0.3 is 0 Å². The standard InChI is InChI=1S/C16H20Cl2N4OS/c1-3-4-5-8-22-10-19-21-16(22)24-11(2)15(23)20-14-9-12(17)6-7-13(14)18/h6-7,9-11H,3-5,8H2,1-2H3,(H,20,23)/t11-/m0/s1. The van der Waals surface area contributed by atoms with E-state index in [0.29, 0.717) is 15.7 Å². The quantitative estimate of drug-likeness (QED) is 0.517. The Hall–Kier alpha value is -1.24. The van der Waals surface area contributed by atoms with Crippen molar-refractivity contribution in [2.24, 2.45) is 0 Å². The molecule has 0 bridgehead atoms. The molecule has 0 aliphatic carbocycles. The van der Waals surface area contributed by atoms with Gasteiger partial charge in [-0.15, -0.1) is 10.2 Å². The summed E-state index contributed by atoms with van der Waals surface area (Å²) in [5.74, 6) is -0.160. The summed E-state index contributed by atoms with van der Waals surface area (Å²) in [6.07, 6.45) is 5.09. The number of nitrogens with zero attached hydrogens (tertiary/aromatic N) is 3. The van der Waals surface area contributed by atoms with Crippen molar-refractivity contribution in [2.75, 3.05) is 5.32 Å². The number of aromatic nitrogens is 3. The number of carbonyl (C=O) groups is 1. The Kier molecular flexibility index (Phi) is 7.40. The molecule has 0 saturated heterocycles. The number of amides is 1. The molecule has 1 N–H and O–H groups in total. The van der Waals surface area contributed by atoms with Gasteiger partial charge < -0.3 is 9.88 Å². The minimum absolute atomic E-state index is 0.160. The number of benzene rings is 1. The van der Waals surface area contributed by atoms with E-state index in [1.54, 1.807) is 24.5 Å². The average Bonchev–Trinajstić information content (AvgIpc) is 2.98. The fraction of sp³-hybridized carbons (Fsp3) is 0.438. The summed E-state index contributed by atoms with van der Waals surface area (Å²) in [7, 11) is 0. The molecule has 1 heterocycles. The third-order valence-corrected chi connectivity index (χ3v) is 5.08. The fourth-order valence-corrected chi connectivity index (χ4v) is 3.25. The van der Waals surface area contributed by atoms with Crippen LogP contribution in [0, 0.1) is 0 Å². The van der Waals surface area contributed by atoms with Crippen molar-refractivity contribution in [3.8, 4) is 0 Å². The van der Waals surface area contributed by atoms with E-state index in [1.165, 1.54) is 11.8 Å². The molecule has 24 heavy (non-hydrogen) atoms. The van der Waals surface area contributed by atoms with Crippen molar-refractivity contribution < 1.29 is 4.79 Å². The van der Waals surface area contributed by atoms with Gasteiger partial charge in [-0.3, -0.25) is 4.79 Å². The van der Waals surface area contributed by atoms with Crippen molar-refractivity contribution in [3.63, 3.8) is 0 Å². The summed E-state index contributed by atoms with van der Waals surface area (Å²) < 4.78 is 1.98. The van der Waals surface area contributed by atoms with E-state index in [9.17, 15) is 4.79 Å². The van der Waals surface area contributed by atoms with Gasteiger partial charge in [0.2, 0.25) is 5.91 Å². The molecule has 2 rings (SSSR count). The van der Waals surface area contributed by atoms with E-state index in [2.05, 4.69) is 22.4 Å². The molecule has 8 heteroatoms. The van der Waals surface area contributed by atoms with Crippen LogP contribution in [-0.2, 0) is 11.3 Å². The van der Waals surface area contributed by atoms with Crippen LogP contribution in [0.1, 0.15) is 33.1 Å². The Morgan fingerprint density at radius 1 is 1.38 bits per heavy atom. The molecule has 0 radical (unpaired) electrons. The van der Waals surface area contributed by atoms with Crippen LogP contribution in [0.4, 0.5) is 5.69 Å². The molecule has 1 aromatic heterocycles. The number of rotatable bonds is 8. The van der Waals surface area contributed by atoms with Gasteiger partial charge in [0, 0.05) is 11.6 Å². The van der Waals surface area contributed by atoms with Crippen LogP contribution in [-0.4, -0.2) is 25.9 Å². The van der Waals surface area contributed by atoms with Gasteiger partial charge in [0.05, 0.1) is 16.0 Å². The third kappa shape index (κ3) is 5.40. The second-order valence-electron chi connectivity index (χ2n) is 5.39. The Balaban J connectivity index is 1.97. The van der Waals surface area contributed by atoms with Crippen LogP contribution >= 0.6 is 35.0 Å². The number of halogens is 2. The van der Waals surface area contributed by atoms with E-state index in [-0.39, 0.29) is 11.2 Å². The lowest BCUT2D eigenvalue weighted by atomic mass is 10.2. The van der Waals surface area contributed by atoms with Gasteiger partial charge in [-0.05, 0) is 31.5 Å². The zero-order valence-corrected chi connectivity index (χ0v) is 16.0.